The minimum absolute atomic E-state index is 0.0652. The van der Waals surface area contributed by atoms with Crippen LogP contribution in [-0.4, -0.2) is 55.7 Å². The second-order valence-electron chi connectivity index (χ2n) is 6.55. The first kappa shape index (κ1) is 21.2. The van der Waals surface area contributed by atoms with Gasteiger partial charge in [0.15, 0.2) is 0 Å². The van der Waals surface area contributed by atoms with Crippen LogP contribution in [0.15, 0.2) is 18.2 Å². The van der Waals surface area contributed by atoms with E-state index >= 15 is 0 Å². The molecule has 1 aliphatic rings. The van der Waals surface area contributed by atoms with E-state index < -0.39 is 16.0 Å². The van der Waals surface area contributed by atoms with Crippen LogP contribution in [0.1, 0.15) is 43.0 Å². The number of carbonyl (C=O) groups is 2. The highest BCUT2D eigenvalue weighted by Gasteiger charge is 2.31. The maximum absolute atomic E-state index is 12.5. The SMILES string of the molecule is CCCCS(=O)(=O)N1CCC(C(=O)Nc2ccc(C(=O)O)cc2OC)CC1. The van der Waals surface area contributed by atoms with Crippen LogP contribution < -0.4 is 10.1 Å². The van der Waals surface area contributed by atoms with Gasteiger partial charge in [0.1, 0.15) is 5.75 Å². The molecule has 150 valence electrons. The number of carboxylic acid groups (broad SMARTS) is 1. The van der Waals surface area contributed by atoms with Crippen molar-refractivity contribution in [2.75, 3.05) is 31.3 Å². The molecule has 0 aromatic heterocycles. The molecule has 0 atom stereocenters. The number of piperidine rings is 1. The van der Waals surface area contributed by atoms with Crippen LogP contribution in [-0.2, 0) is 14.8 Å². The Balaban J connectivity index is 1.98. The first-order chi connectivity index (χ1) is 12.8. The van der Waals surface area contributed by atoms with E-state index in [1.165, 1.54) is 29.6 Å². The minimum atomic E-state index is -3.25. The lowest BCUT2D eigenvalue weighted by atomic mass is 9.97. The summed E-state index contributed by atoms with van der Waals surface area (Å²) in [6, 6.07) is 4.23. The molecule has 0 bridgehead atoms. The summed E-state index contributed by atoms with van der Waals surface area (Å²) in [5.74, 6) is -1.19. The maximum Gasteiger partial charge on any atom is 0.335 e. The van der Waals surface area contributed by atoms with Crippen molar-refractivity contribution in [3.63, 3.8) is 0 Å². The number of sulfonamides is 1. The van der Waals surface area contributed by atoms with Crippen molar-refractivity contribution in [2.24, 2.45) is 5.92 Å². The second kappa shape index (κ2) is 9.18. The Morgan fingerprint density at radius 1 is 1.30 bits per heavy atom. The third-order valence-electron chi connectivity index (χ3n) is 4.68. The summed E-state index contributed by atoms with van der Waals surface area (Å²) >= 11 is 0. The van der Waals surface area contributed by atoms with Crippen molar-refractivity contribution in [3.05, 3.63) is 23.8 Å². The Bertz CT molecular complexity index is 785. The monoisotopic (exact) mass is 398 g/mol. The molecule has 0 spiro atoms. The van der Waals surface area contributed by atoms with Gasteiger partial charge in [-0.1, -0.05) is 13.3 Å². The van der Waals surface area contributed by atoms with Crippen LogP contribution in [0.3, 0.4) is 0 Å². The Morgan fingerprint density at radius 3 is 2.52 bits per heavy atom. The molecule has 2 rings (SSSR count). The molecule has 1 amide bonds. The van der Waals surface area contributed by atoms with Crippen LogP contribution in [0.4, 0.5) is 5.69 Å². The summed E-state index contributed by atoms with van der Waals surface area (Å²) in [5, 5.41) is 11.8. The molecule has 8 nitrogen and oxygen atoms in total. The van der Waals surface area contributed by atoms with E-state index in [1.54, 1.807) is 0 Å². The molecule has 1 saturated heterocycles. The molecule has 0 aliphatic carbocycles. The average molecular weight is 398 g/mol. The third kappa shape index (κ3) is 5.43. The molecule has 1 heterocycles. The highest BCUT2D eigenvalue weighted by atomic mass is 32.2. The number of methoxy groups -OCH3 is 1. The van der Waals surface area contributed by atoms with E-state index in [-0.39, 0.29) is 28.9 Å². The molecular weight excluding hydrogens is 372 g/mol. The van der Waals surface area contributed by atoms with E-state index in [4.69, 9.17) is 9.84 Å². The van der Waals surface area contributed by atoms with Gasteiger partial charge in [-0.3, -0.25) is 4.79 Å². The first-order valence-electron chi connectivity index (χ1n) is 8.98. The number of hydrogen-bond donors (Lipinski definition) is 2. The smallest absolute Gasteiger partial charge is 0.335 e. The van der Waals surface area contributed by atoms with Gasteiger partial charge in [-0.2, -0.15) is 0 Å². The van der Waals surface area contributed by atoms with Crippen LogP contribution in [0, 0.1) is 5.92 Å². The normalized spacial score (nSPS) is 16.1. The predicted molar refractivity (Wildman–Crippen MR) is 102 cm³/mol. The van der Waals surface area contributed by atoms with Gasteiger partial charge in [-0.05, 0) is 37.5 Å². The number of nitrogens with zero attached hydrogens (tertiary/aromatic N) is 1. The molecule has 27 heavy (non-hydrogen) atoms. The molecule has 0 radical (unpaired) electrons. The fourth-order valence-electron chi connectivity index (χ4n) is 3.01. The van der Waals surface area contributed by atoms with Crippen LogP contribution in [0.5, 0.6) is 5.75 Å². The number of rotatable bonds is 8. The lowest BCUT2D eigenvalue weighted by Gasteiger charge is -2.30. The number of carboxylic acids is 1. The zero-order valence-corrected chi connectivity index (χ0v) is 16.4. The van der Waals surface area contributed by atoms with Crippen molar-refractivity contribution >= 4 is 27.6 Å². The van der Waals surface area contributed by atoms with Crippen molar-refractivity contribution < 1.29 is 27.9 Å². The van der Waals surface area contributed by atoms with Gasteiger partial charge in [0.2, 0.25) is 15.9 Å². The highest BCUT2D eigenvalue weighted by molar-refractivity contribution is 7.89. The van der Waals surface area contributed by atoms with Crippen LogP contribution in [0.2, 0.25) is 0 Å². The van der Waals surface area contributed by atoms with E-state index in [0.717, 1.165) is 6.42 Å². The number of benzene rings is 1. The maximum atomic E-state index is 12.5. The topological polar surface area (TPSA) is 113 Å². The number of unbranched alkanes of at least 4 members (excludes halogenated alkanes) is 1. The standard InChI is InChI=1S/C18H26N2O6S/c1-3-4-11-27(24,25)20-9-7-13(8-10-20)17(21)19-15-6-5-14(18(22)23)12-16(15)26-2/h5-6,12-13H,3-4,7-11H2,1-2H3,(H,19,21)(H,22,23). The van der Waals surface area contributed by atoms with E-state index in [1.807, 2.05) is 6.92 Å². The summed E-state index contributed by atoms with van der Waals surface area (Å²) in [5.41, 5.74) is 0.459. The Morgan fingerprint density at radius 2 is 1.96 bits per heavy atom. The number of ether oxygens (including phenoxy) is 1. The molecule has 2 N–H and O–H groups in total. The van der Waals surface area contributed by atoms with Gasteiger partial charge >= 0.3 is 5.97 Å². The second-order valence-corrected chi connectivity index (χ2v) is 8.64. The van der Waals surface area contributed by atoms with E-state index in [2.05, 4.69) is 5.32 Å². The van der Waals surface area contributed by atoms with Gasteiger partial charge < -0.3 is 15.2 Å². The van der Waals surface area contributed by atoms with Crippen molar-refractivity contribution in [1.82, 2.24) is 4.31 Å². The molecule has 1 aromatic rings. The minimum Gasteiger partial charge on any atom is -0.495 e. The Labute approximate surface area is 159 Å². The predicted octanol–water partition coefficient (Wildman–Crippen LogP) is 2.17. The van der Waals surface area contributed by atoms with Crippen molar-refractivity contribution in [3.8, 4) is 5.75 Å². The fourth-order valence-corrected chi connectivity index (χ4v) is 4.69. The van der Waals surface area contributed by atoms with Gasteiger partial charge in [-0.15, -0.1) is 0 Å². The lowest BCUT2D eigenvalue weighted by Crippen LogP contribution is -2.42. The van der Waals surface area contributed by atoms with Gasteiger partial charge in [-0.25, -0.2) is 17.5 Å². The largest absolute Gasteiger partial charge is 0.495 e. The van der Waals surface area contributed by atoms with E-state index in [0.29, 0.717) is 38.0 Å². The third-order valence-corrected chi connectivity index (χ3v) is 6.64. The molecule has 1 aliphatic heterocycles. The zero-order chi connectivity index (χ0) is 20.0. The lowest BCUT2D eigenvalue weighted by molar-refractivity contribution is -0.120. The van der Waals surface area contributed by atoms with Crippen LogP contribution >= 0.6 is 0 Å². The number of aromatic carboxylic acids is 1. The molecule has 1 fully saturated rings. The molecular formula is C18H26N2O6S. The van der Waals surface area contributed by atoms with Gasteiger partial charge in [0, 0.05) is 19.0 Å². The van der Waals surface area contributed by atoms with Gasteiger partial charge in [0.05, 0.1) is 24.1 Å². The highest BCUT2D eigenvalue weighted by Crippen LogP contribution is 2.28. The first-order valence-corrected chi connectivity index (χ1v) is 10.6. The average Bonchev–Trinajstić information content (AvgIpc) is 2.66. The number of amides is 1. The quantitative estimate of drug-likeness (QED) is 0.694. The zero-order valence-electron chi connectivity index (χ0n) is 15.6. The summed E-state index contributed by atoms with van der Waals surface area (Å²) in [6.45, 7) is 2.61. The van der Waals surface area contributed by atoms with Crippen LogP contribution in [0.25, 0.3) is 0 Å². The Hall–Kier alpha value is -2.13. The summed E-state index contributed by atoms with van der Waals surface area (Å²) in [7, 11) is -1.85. The number of carbonyl (C=O) groups excluding carboxylic acids is 1. The summed E-state index contributed by atoms with van der Waals surface area (Å²) in [4.78, 5) is 23.6. The summed E-state index contributed by atoms with van der Waals surface area (Å²) < 4.78 is 31.1. The fraction of sp³-hybridized carbons (Fsp3) is 0.556. The summed E-state index contributed by atoms with van der Waals surface area (Å²) in [6.07, 6.45) is 2.36. The Kier molecular flexibility index (Phi) is 7.20. The molecule has 0 saturated carbocycles. The van der Waals surface area contributed by atoms with Gasteiger partial charge in [0.25, 0.3) is 0 Å². The molecule has 9 heteroatoms. The number of hydrogen-bond acceptors (Lipinski definition) is 5. The van der Waals surface area contributed by atoms with Crippen molar-refractivity contribution in [1.29, 1.82) is 0 Å². The van der Waals surface area contributed by atoms with E-state index in [9.17, 15) is 18.0 Å². The van der Waals surface area contributed by atoms with Crippen molar-refractivity contribution in [2.45, 2.75) is 32.6 Å². The molecule has 0 unspecified atom stereocenters. The number of nitrogens with one attached hydrogen (secondary N) is 1. The molecule has 1 aromatic carbocycles. The number of anilines is 1.